The van der Waals surface area contributed by atoms with Gasteiger partial charge < -0.3 is 9.72 Å². The molecule has 0 saturated carbocycles. The maximum absolute atomic E-state index is 13.5. The number of aromatic amines is 1. The molecule has 0 bridgehead atoms. The lowest BCUT2D eigenvalue weighted by molar-refractivity contribution is 0.393. The zero-order chi connectivity index (χ0) is 25.2. The van der Waals surface area contributed by atoms with Gasteiger partial charge in [0.15, 0.2) is 27.2 Å². The molecule has 4 rings (SSSR count). The van der Waals surface area contributed by atoms with Gasteiger partial charge >= 0.3 is 0 Å². The Hall–Kier alpha value is -3.64. The van der Waals surface area contributed by atoms with Gasteiger partial charge in [-0.3, -0.25) is 19.3 Å². The molecular weight excluding hydrogens is 494 g/mol. The molecule has 0 aliphatic heterocycles. The fourth-order valence-corrected chi connectivity index (χ4v) is 5.25. The first-order valence-corrected chi connectivity index (χ1v) is 12.6. The molecule has 0 aromatic carbocycles. The van der Waals surface area contributed by atoms with Crippen molar-refractivity contribution in [2.75, 3.05) is 7.11 Å². The van der Waals surface area contributed by atoms with Gasteiger partial charge in [0.25, 0.3) is 5.56 Å². The van der Waals surface area contributed by atoms with Crippen LogP contribution in [0.3, 0.4) is 0 Å². The molecular formula is C22H22ClN7O4S. The summed E-state index contributed by atoms with van der Waals surface area (Å²) in [6.07, 6.45) is 5.79. The number of aromatic nitrogens is 7. The van der Waals surface area contributed by atoms with Crippen LogP contribution in [0.4, 0.5) is 0 Å². The van der Waals surface area contributed by atoms with Gasteiger partial charge in [-0.15, -0.1) is 10.2 Å². The lowest BCUT2D eigenvalue weighted by atomic mass is 10.0. The number of halogens is 1. The summed E-state index contributed by atoms with van der Waals surface area (Å²) in [5.74, 6) is -0.674. The van der Waals surface area contributed by atoms with Gasteiger partial charge in [0, 0.05) is 35.8 Å². The first-order chi connectivity index (χ1) is 16.7. The molecule has 1 N–H and O–H groups in total. The first-order valence-electron chi connectivity index (χ1n) is 10.5. The van der Waals surface area contributed by atoms with E-state index in [1.807, 2.05) is 0 Å². The molecule has 4 heterocycles. The minimum atomic E-state index is -3.79. The molecule has 11 nitrogen and oxygen atoms in total. The maximum Gasteiger partial charge on any atom is 0.279 e. The van der Waals surface area contributed by atoms with Crippen molar-refractivity contribution in [1.82, 2.24) is 34.7 Å². The topological polar surface area (TPSA) is 146 Å². The van der Waals surface area contributed by atoms with Crippen LogP contribution in [-0.4, -0.2) is 55.5 Å². The highest BCUT2D eigenvalue weighted by atomic mass is 35.5. The monoisotopic (exact) mass is 515 g/mol. The largest absolute Gasteiger partial charge is 0.479 e. The Morgan fingerprint density at radius 3 is 2.60 bits per heavy atom. The van der Waals surface area contributed by atoms with Gasteiger partial charge in [-0.1, -0.05) is 18.5 Å². The molecule has 0 amide bonds. The molecule has 2 atom stereocenters. The number of sulfone groups is 1. The second-order valence-electron chi connectivity index (χ2n) is 7.81. The van der Waals surface area contributed by atoms with Crippen LogP contribution in [0, 0.1) is 0 Å². The standard InChI is InChI=1S/C22H22ClN7O4S/c1-13(17-7-6-16(23)10-25-17)14(2)35(32,33)11-18-28-29-20(15-5-4-8-24-9-15)30(18)19-21(31)26-12-27-22(19)34-3/h4-10,12-14H,11H2,1-3H3,(H,26,27,31)/t13-,14-/m0/s1. The second kappa shape index (κ2) is 9.92. The Bertz CT molecular complexity index is 1490. The van der Waals surface area contributed by atoms with E-state index in [2.05, 4.69) is 30.1 Å². The minimum absolute atomic E-state index is 0.0101. The van der Waals surface area contributed by atoms with E-state index in [9.17, 15) is 13.2 Å². The molecule has 0 spiro atoms. The molecule has 0 fully saturated rings. The van der Waals surface area contributed by atoms with E-state index >= 15 is 0 Å². The smallest absolute Gasteiger partial charge is 0.279 e. The van der Waals surface area contributed by atoms with Crippen molar-refractivity contribution in [2.24, 2.45) is 0 Å². The summed E-state index contributed by atoms with van der Waals surface area (Å²) in [6.45, 7) is 3.38. The van der Waals surface area contributed by atoms with E-state index in [1.54, 1.807) is 44.3 Å². The summed E-state index contributed by atoms with van der Waals surface area (Å²) in [6, 6.07) is 6.78. The number of nitrogens with zero attached hydrogens (tertiary/aromatic N) is 6. The predicted octanol–water partition coefficient (Wildman–Crippen LogP) is 2.58. The number of ether oxygens (including phenoxy) is 1. The van der Waals surface area contributed by atoms with Crippen LogP contribution in [0.25, 0.3) is 17.1 Å². The van der Waals surface area contributed by atoms with Crippen LogP contribution in [-0.2, 0) is 15.6 Å². The van der Waals surface area contributed by atoms with Crippen molar-refractivity contribution in [1.29, 1.82) is 0 Å². The van der Waals surface area contributed by atoms with Crippen LogP contribution >= 0.6 is 11.6 Å². The van der Waals surface area contributed by atoms with E-state index in [0.717, 1.165) is 0 Å². The number of rotatable bonds is 8. The van der Waals surface area contributed by atoms with Crippen LogP contribution in [0.2, 0.25) is 5.02 Å². The van der Waals surface area contributed by atoms with Crippen molar-refractivity contribution in [2.45, 2.75) is 30.8 Å². The number of H-pyrrole nitrogens is 1. The van der Waals surface area contributed by atoms with Gasteiger partial charge in [-0.25, -0.2) is 13.4 Å². The highest BCUT2D eigenvalue weighted by Gasteiger charge is 2.32. The Kier molecular flexibility index (Phi) is 6.94. The summed E-state index contributed by atoms with van der Waals surface area (Å²) < 4.78 is 33.6. The highest BCUT2D eigenvalue weighted by Crippen LogP contribution is 2.29. The van der Waals surface area contributed by atoms with Crippen LogP contribution in [0.1, 0.15) is 31.3 Å². The van der Waals surface area contributed by atoms with Gasteiger partial charge in [0.2, 0.25) is 5.88 Å². The summed E-state index contributed by atoms with van der Waals surface area (Å²) in [5, 5.41) is 7.95. The summed E-state index contributed by atoms with van der Waals surface area (Å²) in [5.41, 5.74) is 0.533. The quantitative estimate of drug-likeness (QED) is 0.374. The third-order valence-corrected chi connectivity index (χ3v) is 8.10. The lowest BCUT2D eigenvalue weighted by Crippen LogP contribution is -2.27. The van der Waals surface area contributed by atoms with Crippen molar-refractivity contribution in [3.05, 3.63) is 76.1 Å². The van der Waals surface area contributed by atoms with Crippen molar-refractivity contribution < 1.29 is 13.2 Å². The van der Waals surface area contributed by atoms with E-state index in [-0.39, 0.29) is 23.2 Å². The SMILES string of the molecule is COc1nc[nH]c(=O)c1-n1c(CS(=O)(=O)[C@@H](C)[C@H](C)c2ccc(Cl)cn2)nnc1-c1cccnc1. The number of nitrogens with one attached hydrogen (secondary N) is 1. The van der Waals surface area contributed by atoms with Gasteiger partial charge in [0.05, 0.1) is 23.7 Å². The molecule has 4 aromatic heterocycles. The first kappa shape index (κ1) is 24.5. The molecule has 0 radical (unpaired) electrons. The zero-order valence-electron chi connectivity index (χ0n) is 19.1. The van der Waals surface area contributed by atoms with Crippen LogP contribution in [0.15, 0.2) is 54.0 Å². The molecule has 182 valence electrons. The fourth-order valence-electron chi connectivity index (χ4n) is 3.57. The Balaban J connectivity index is 1.80. The fraction of sp³-hybridized carbons (Fsp3) is 0.273. The van der Waals surface area contributed by atoms with Crippen LogP contribution < -0.4 is 10.3 Å². The Morgan fingerprint density at radius 2 is 1.94 bits per heavy atom. The van der Waals surface area contributed by atoms with Gasteiger partial charge in [-0.05, 0) is 31.2 Å². The summed E-state index contributed by atoms with van der Waals surface area (Å²) in [7, 11) is -2.43. The number of methoxy groups -OCH3 is 1. The Morgan fingerprint density at radius 1 is 1.14 bits per heavy atom. The summed E-state index contributed by atoms with van der Waals surface area (Å²) >= 11 is 5.91. The molecule has 13 heteroatoms. The van der Waals surface area contributed by atoms with Crippen molar-refractivity contribution >= 4 is 21.4 Å². The number of pyridine rings is 2. The predicted molar refractivity (Wildman–Crippen MR) is 129 cm³/mol. The van der Waals surface area contributed by atoms with E-state index in [1.165, 1.54) is 30.4 Å². The normalized spacial score (nSPS) is 13.4. The molecule has 0 unspecified atom stereocenters. The molecule has 0 aliphatic carbocycles. The second-order valence-corrected chi connectivity index (χ2v) is 10.6. The molecule has 0 saturated heterocycles. The number of hydrogen-bond acceptors (Lipinski definition) is 9. The average Bonchev–Trinajstić information content (AvgIpc) is 3.26. The van der Waals surface area contributed by atoms with E-state index < -0.39 is 32.3 Å². The zero-order valence-corrected chi connectivity index (χ0v) is 20.7. The van der Waals surface area contributed by atoms with Gasteiger partial charge in [0.1, 0.15) is 5.75 Å². The Labute approximate surface area is 206 Å². The van der Waals surface area contributed by atoms with Crippen LogP contribution in [0.5, 0.6) is 5.88 Å². The van der Waals surface area contributed by atoms with Crippen molar-refractivity contribution in [3.8, 4) is 23.0 Å². The lowest BCUT2D eigenvalue weighted by Gasteiger charge is -2.20. The average molecular weight is 516 g/mol. The summed E-state index contributed by atoms with van der Waals surface area (Å²) in [4.78, 5) is 27.7. The minimum Gasteiger partial charge on any atom is -0.479 e. The highest BCUT2D eigenvalue weighted by molar-refractivity contribution is 7.91. The van der Waals surface area contributed by atoms with Crippen molar-refractivity contribution in [3.63, 3.8) is 0 Å². The van der Waals surface area contributed by atoms with E-state index in [0.29, 0.717) is 16.3 Å². The number of hydrogen-bond donors (Lipinski definition) is 1. The third kappa shape index (κ3) is 4.93. The molecule has 35 heavy (non-hydrogen) atoms. The van der Waals surface area contributed by atoms with Gasteiger partial charge in [-0.2, -0.15) is 0 Å². The molecule has 4 aromatic rings. The third-order valence-electron chi connectivity index (χ3n) is 5.68. The maximum atomic E-state index is 13.5. The van der Waals surface area contributed by atoms with E-state index in [4.69, 9.17) is 16.3 Å². The molecule has 0 aliphatic rings.